The number of thioether (sulfide) groups is 1. The van der Waals surface area contributed by atoms with Crippen LogP contribution in [0.4, 0.5) is 11.5 Å². The summed E-state index contributed by atoms with van der Waals surface area (Å²) in [6, 6.07) is 10.9. The number of aromatic nitrogens is 4. The molecule has 0 unspecified atom stereocenters. The van der Waals surface area contributed by atoms with Crippen LogP contribution in [0.1, 0.15) is 23.9 Å². The lowest BCUT2D eigenvalue weighted by atomic mass is 10.2. The molecule has 184 valence electrons. The van der Waals surface area contributed by atoms with Gasteiger partial charge in [0.25, 0.3) is 11.5 Å². The first-order valence-electron chi connectivity index (χ1n) is 10.8. The van der Waals surface area contributed by atoms with Crippen LogP contribution in [0, 0.1) is 13.8 Å². The Morgan fingerprint density at radius 2 is 1.80 bits per heavy atom. The van der Waals surface area contributed by atoms with Crippen LogP contribution in [0.3, 0.4) is 0 Å². The predicted molar refractivity (Wildman–Crippen MR) is 132 cm³/mol. The number of H-pyrrole nitrogens is 1. The van der Waals surface area contributed by atoms with Gasteiger partial charge in [0.1, 0.15) is 5.82 Å². The van der Waals surface area contributed by atoms with Gasteiger partial charge in [0.2, 0.25) is 0 Å². The molecule has 2 heterocycles. The van der Waals surface area contributed by atoms with E-state index in [0.29, 0.717) is 5.16 Å². The molecule has 0 radical (unpaired) electrons. The maximum atomic E-state index is 12.8. The summed E-state index contributed by atoms with van der Waals surface area (Å²) >= 11 is 1.09. The van der Waals surface area contributed by atoms with Crippen LogP contribution in [0.5, 0.6) is 0 Å². The molecule has 3 rings (SSSR count). The topological polar surface area (TPSA) is 153 Å². The Bertz CT molecular complexity index is 1320. The van der Waals surface area contributed by atoms with Gasteiger partial charge in [0.15, 0.2) is 17.5 Å². The number of hydrogen-bond acceptors (Lipinski definition) is 9. The number of carbonyl (C=O) groups is 2. The fourth-order valence-electron chi connectivity index (χ4n) is 3.36. The third kappa shape index (κ3) is 6.57. The molecule has 0 aliphatic carbocycles. The third-order valence-electron chi connectivity index (χ3n) is 4.92. The van der Waals surface area contributed by atoms with E-state index in [1.54, 1.807) is 19.1 Å². The van der Waals surface area contributed by atoms with Crippen LogP contribution in [0.25, 0.3) is 0 Å². The smallest absolute Gasteiger partial charge is 0.330 e. The Balaban J connectivity index is 1.71. The number of amides is 1. The van der Waals surface area contributed by atoms with Crippen molar-refractivity contribution in [1.82, 2.24) is 19.5 Å². The molecule has 35 heavy (non-hydrogen) atoms. The van der Waals surface area contributed by atoms with E-state index < -0.39 is 29.7 Å². The van der Waals surface area contributed by atoms with Crippen molar-refractivity contribution in [2.24, 2.45) is 0 Å². The molecule has 0 atom stereocenters. The summed E-state index contributed by atoms with van der Waals surface area (Å²) < 4.78 is 6.27. The highest BCUT2D eigenvalue weighted by molar-refractivity contribution is 7.99. The Kier molecular flexibility index (Phi) is 8.42. The SMILES string of the molecule is CCN(C(=O)COC(=O)CSc1nc(C)cc(C)n1)c1c(N)n(Cc2ccccc2)c(=O)[nH]c1=O. The molecule has 0 aliphatic heterocycles. The number of nitrogen functional groups attached to an aromatic ring is 1. The summed E-state index contributed by atoms with van der Waals surface area (Å²) in [6.07, 6.45) is 0. The highest BCUT2D eigenvalue weighted by Gasteiger charge is 2.24. The largest absolute Gasteiger partial charge is 0.455 e. The molecule has 3 N–H and O–H groups in total. The van der Waals surface area contributed by atoms with Gasteiger partial charge in [-0.1, -0.05) is 42.1 Å². The van der Waals surface area contributed by atoms with E-state index in [2.05, 4.69) is 15.0 Å². The second-order valence-corrected chi connectivity index (χ2v) is 8.53. The number of anilines is 2. The van der Waals surface area contributed by atoms with Crippen molar-refractivity contribution >= 4 is 35.1 Å². The summed E-state index contributed by atoms with van der Waals surface area (Å²) in [6.45, 7) is 4.86. The van der Waals surface area contributed by atoms with Crippen LogP contribution in [0.15, 0.2) is 51.1 Å². The lowest BCUT2D eigenvalue weighted by Gasteiger charge is -2.23. The van der Waals surface area contributed by atoms with Crippen molar-refractivity contribution in [3.63, 3.8) is 0 Å². The molecule has 0 saturated carbocycles. The van der Waals surface area contributed by atoms with E-state index in [0.717, 1.165) is 33.6 Å². The number of likely N-dealkylation sites (N-methyl/N-ethyl adjacent to an activating group) is 1. The van der Waals surface area contributed by atoms with Crippen LogP contribution >= 0.6 is 11.8 Å². The Morgan fingerprint density at radius 1 is 1.14 bits per heavy atom. The summed E-state index contributed by atoms with van der Waals surface area (Å²) in [5.74, 6) is -1.55. The molecule has 1 amide bonds. The molecular formula is C23H26N6O5S. The summed E-state index contributed by atoms with van der Waals surface area (Å²) in [7, 11) is 0. The van der Waals surface area contributed by atoms with E-state index in [-0.39, 0.29) is 30.3 Å². The normalized spacial score (nSPS) is 10.7. The molecular weight excluding hydrogens is 472 g/mol. The standard InChI is InChI=1S/C23H26N6O5S/c1-4-28(17(30)12-34-18(31)13-35-22-25-14(2)10-15(3)26-22)19-20(24)29(23(33)27-21(19)32)11-16-8-6-5-7-9-16/h5-10H,4,11-13,24H2,1-3H3,(H,27,32,33). The average Bonchev–Trinajstić information content (AvgIpc) is 2.81. The molecule has 0 bridgehead atoms. The van der Waals surface area contributed by atoms with E-state index in [4.69, 9.17) is 10.5 Å². The van der Waals surface area contributed by atoms with Gasteiger partial charge in [-0.3, -0.25) is 23.9 Å². The van der Waals surface area contributed by atoms with Crippen molar-refractivity contribution in [3.05, 3.63) is 74.2 Å². The first kappa shape index (κ1) is 25.7. The van der Waals surface area contributed by atoms with Gasteiger partial charge >= 0.3 is 11.7 Å². The molecule has 0 saturated heterocycles. The summed E-state index contributed by atoms with van der Waals surface area (Å²) in [4.78, 5) is 61.7. The molecule has 1 aromatic carbocycles. The van der Waals surface area contributed by atoms with Crippen LogP contribution in [0.2, 0.25) is 0 Å². The molecule has 12 heteroatoms. The van der Waals surface area contributed by atoms with Gasteiger partial charge in [-0.2, -0.15) is 0 Å². The number of benzene rings is 1. The Morgan fingerprint density at radius 3 is 2.43 bits per heavy atom. The third-order valence-corrected chi connectivity index (χ3v) is 5.74. The molecule has 3 aromatic rings. The summed E-state index contributed by atoms with van der Waals surface area (Å²) in [5.41, 5.74) is 6.82. The fourth-order valence-corrected chi connectivity index (χ4v) is 4.11. The number of ether oxygens (including phenoxy) is 1. The van der Waals surface area contributed by atoms with Crippen molar-refractivity contribution in [2.75, 3.05) is 29.5 Å². The first-order chi connectivity index (χ1) is 16.7. The monoisotopic (exact) mass is 498 g/mol. The second kappa shape index (κ2) is 11.5. The lowest BCUT2D eigenvalue weighted by Crippen LogP contribution is -2.42. The Hall–Kier alpha value is -3.93. The van der Waals surface area contributed by atoms with Gasteiger partial charge in [0, 0.05) is 17.9 Å². The number of hydrogen-bond donors (Lipinski definition) is 2. The van der Waals surface area contributed by atoms with Crippen molar-refractivity contribution in [1.29, 1.82) is 0 Å². The summed E-state index contributed by atoms with van der Waals surface area (Å²) in [5, 5.41) is 0.431. The zero-order chi connectivity index (χ0) is 25.5. The maximum absolute atomic E-state index is 12.8. The number of esters is 1. The van der Waals surface area contributed by atoms with Gasteiger partial charge < -0.3 is 15.4 Å². The molecule has 0 fully saturated rings. The van der Waals surface area contributed by atoms with Gasteiger partial charge in [-0.25, -0.2) is 14.8 Å². The zero-order valence-electron chi connectivity index (χ0n) is 19.6. The minimum absolute atomic E-state index is 0.0678. The maximum Gasteiger partial charge on any atom is 0.330 e. The number of nitrogens with one attached hydrogen (secondary N) is 1. The van der Waals surface area contributed by atoms with Gasteiger partial charge in [-0.05, 0) is 32.4 Å². The average molecular weight is 499 g/mol. The van der Waals surface area contributed by atoms with E-state index in [1.165, 1.54) is 4.57 Å². The number of rotatable bonds is 9. The number of carbonyl (C=O) groups excluding carboxylic acids is 2. The van der Waals surface area contributed by atoms with Gasteiger partial charge in [-0.15, -0.1) is 0 Å². The lowest BCUT2D eigenvalue weighted by molar-refractivity contribution is -0.145. The minimum atomic E-state index is -0.805. The van der Waals surface area contributed by atoms with Crippen LogP contribution < -0.4 is 21.9 Å². The van der Waals surface area contributed by atoms with Crippen LogP contribution in [-0.4, -0.2) is 50.3 Å². The van der Waals surface area contributed by atoms with Crippen LogP contribution in [-0.2, 0) is 20.9 Å². The quantitative estimate of drug-likeness (QED) is 0.252. The number of aromatic amines is 1. The fraction of sp³-hybridized carbons (Fsp3) is 0.304. The van der Waals surface area contributed by atoms with Crippen molar-refractivity contribution in [2.45, 2.75) is 32.5 Å². The number of aryl methyl sites for hydroxylation is 2. The molecule has 11 nitrogen and oxygen atoms in total. The highest BCUT2D eigenvalue weighted by Crippen LogP contribution is 2.18. The van der Waals surface area contributed by atoms with Gasteiger partial charge in [0.05, 0.1) is 12.3 Å². The predicted octanol–water partition coefficient (Wildman–Crippen LogP) is 1.26. The highest BCUT2D eigenvalue weighted by atomic mass is 32.2. The van der Waals surface area contributed by atoms with Crippen molar-refractivity contribution < 1.29 is 14.3 Å². The Labute approximate surface area is 205 Å². The number of nitrogens with two attached hydrogens (primary N) is 1. The molecule has 2 aromatic heterocycles. The molecule has 0 aliphatic rings. The first-order valence-corrected chi connectivity index (χ1v) is 11.8. The second-order valence-electron chi connectivity index (χ2n) is 7.59. The van der Waals surface area contributed by atoms with E-state index >= 15 is 0 Å². The van der Waals surface area contributed by atoms with Crippen molar-refractivity contribution in [3.8, 4) is 0 Å². The van der Waals surface area contributed by atoms with E-state index in [1.807, 2.05) is 38.1 Å². The molecule has 0 spiro atoms. The zero-order valence-corrected chi connectivity index (χ0v) is 20.4. The number of nitrogens with zero attached hydrogens (tertiary/aromatic N) is 4. The van der Waals surface area contributed by atoms with E-state index in [9.17, 15) is 19.2 Å². The minimum Gasteiger partial charge on any atom is -0.455 e.